The van der Waals surface area contributed by atoms with Crippen LogP contribution in [0.15, 0.2) is 90.0 Å². The van der Waals surface area contributed by atoms with Gasteiger partial charge in [-0.1, -0.05) is 30.7 Å². The van der Waals surface area contributed by atoms with Gasteiger partial charge >= 0.3 is 0 Å². The molecule has 1 saturated carbocycles. The Kier molecular flexibility index (Phi) is 17.5. The Labute approximate surface area is 345 Å². The molecule has 0 spiro atoms. The molecule has 1 aromatic heterocycles. The largest absolute Gasteiger partial charge is 0.474 e. The standard InChI is InChI=1S/C18H22N2O.C14H20N2O4S.C13H18N2O/c1-19-16-10-7-14(8-11-16)15-9-12-18(20-13-15)21-17-5-3-2-4-6-17;1-15(5-6-16-7-9-20-10-8-16)21(18,19)14-4-2-3-13(11-14)12-17;1-14-13-6-5-12(9-11(13)10-16)15-7-3-2-4-8-15/h7-13,17,19H,2-6H2,1H3;2-4,11-12H,5-10H2,1H3;5-6,9-10,14H,2-4,7-8H2,1H3. The van der Waals surface area contributed by atoms with E-state index < -0.39 is 10.0 Å². The summed E-state index contributed by atoms with van der Waals surface area (Å²) in [6.45, 7) is 6.34. The lowest BCUT2D eigenvalue weighted by atomic mass is 9.98. The molecule has 1 aliphatic carbocycles. The Morgan fingerprint density at radius 2 is 1.52 bits per heavy atom. The third-order valence-corrected chi connectivity index (χ3v) is 12.6. The fourth-order valence-corrected chi connectivity index (χ4v) is 8.40. The van der Waals surface area contributed by atoms with Gasteiger partial charge in [0.1, 0.15) is 12.4 Å². The maximum atomic E-state index is 12.4. The minimum atomic E-state index is -3.56. The Bertz CT molecular complexity index is 1960. The predicted molar refractivity (Wildman–Crippen MR) is 233 cm³/mol. The number of hydrogen-bond donors (Lipinski definition) is 2. The van der Waals surface area contributed by atoms with Gasteiger partial charge in [0.25, 0.3) is 0 Å². The summed E-state index contributed by atoms with van der Waals surface area (Å²) in [5.41, 5.74) is 6.57. The molecule has 2 aliphatic heterocycles. The second kappa shape index (κ2) is 22.9. The lowest BCUT2D eigenvalue weighted by Crippen LogP contribution is -2.41. The summed E-state index contributed by atoms with van der Waals surface area (Å²) < 4.78 is 37.4. The van der Waals surface area contributed by atoms with Crippen LogP contribution >= 0.6 is 0 Å². The van der Waals surface area contributed by atoms with E-state index in [2.05, 4.69) is 61.8 Å². The second-order valence-corrected chi connectivity index (χ2v) is 16.8. The summed E-state index contributed by atoms with van der Waals surface area (Å²) in [5, 5.41) is 6.15. The number of benzene rings is 3. The van der Waals surface area contributed by atoms with Crippen molar-refractivity contribution < 1.29 is 27.5 Å². The van der Waals surface area contributed by atoms with Crippen molar-refractivity contribution in [1.82, 2.24) is 14.2 Å². The Hall–Kier alpha value is -4.82. The van der Waals surface area contributed by atoms with Crippen molar-refractivity contribution in [3.8, 4) is 17.0 Å². The first-order valence-corrected chi connectivity index (χ1v) is 21.9. The number of rotatable bonds is 13. The van der Waals surface area contributed by atoms with E-state index in [-0.39, 0.29) is 4.90 Å². The molecule has 2 saturated heterocycles. The first kappa shape index (κ1) is 44.3. The van der Waals surface area contributed by atoms with Crippen LogP contribution in [0.3, 0.4) is 0 Å². The van der Waals surface area contributed by atoms with Crippen molar-refractivity contribution in [2.75, 3.05) is 89.2 Å². The van der Waals surface area contributed by atoms with Crippen LogP contribution in [-0.4, -0.2) is 115 Å². The highest BCUT2D eigenvalue weighted by atomic mass is 32.2. The lowest BCUT2D eigenvalue weighted by molar-refractivity contribution is 0.0368. The number of nitrogens with one attached hydrogen (secondary N) is 2. The van der Waals surface area contributed by atoms with Gasteiger partial charge in [-0.15, -0.1) is 0 Å². The molecule has 4 aromatic rings. The summed E-state index contributed by atoms with van der Waals surface area (Å²) in [5.74, 6) is 0.748. The van der Waals surface area contributed by atoms with Crippen LogP contribution in [-0.2, 0) is 14.8 Å². The van der Waals surface area contributed by atoms with Crippen LogP contribution in [0.1, 0.15) is 72.1 Å². The number of ether oxygens (including phenoxy) is 2. The number of likely N-dealkylation sites (N-methyl/N-ethyl adjacent to an activating group) is 1. The van der Waals surface area contributed by atoms with Crippen molar-refractivity contribution in [3.63, 3.8) is 0 Å². The number of pyridine rings is 1. The normalized spacial score (nSPS) is 16.2. The molecule has 58 heavy (non-hydrogen) atoms. The molecule has 3 aliphatic rings. The van der Waals surface area contributed by atoms with Gasteiger partial charge in [0.05, 0.1) is 18.1 Å². The van der Waals surface area contributed by atoms with Gasteiger partial charge in [-0.25, -0.2) is 13.4 Å². The molecule has 312 valence electrons. The fourth-order valence-electron chi connectivity index (χ4n) is 7.18. The van der Waals surface area contributed by atoms with Gasteiger partial charge in [-0.2, -0.15) is 4.31 Å². The van der Waals surface area contributed by atoms with Gasteiger partial charge in [-0.05, 0) is 99.0 Å². The zero-order valence-corrected chi connectivity index (χ0v) is 35.1. The molecule has 7 rings (SSSR count). The lowest BCUT2D eigenvalue weighted by Gasteiger charge is -2.29. The average molecular weight is 813 g/mol. The summed E-state index contributed by atoms with van der Waals surface area (Å²) in [4.78, 5) is 30.9. The molecular weight excluding hydrogens is 753 g/mol. The Balaban J connectivity index is 0.000000168. The maximum absolute atomic E-state index is 12.4. The van der Waals surface area contributed by atoms with Crippen LogP contribution in [0.25, 0.3) is 11.1 Å². The van der Waals surface area contributed by atoms with Gasteiger partial charge in [0, 0.05) is 106 Å². The molecule has 13 heteroatoms. The summed E-state index contributed by atoms with van der Waals surface area (Å²) >= 11 is 0. The van der Waals surface area contributed by atoms with E-state index in [9.17, 15) is 18.0 Å². The van der Waals surface area contributed by atoms with E-state index in [1.165, 1.54) is 66.2 Å². The van der Waals surface area contributed by atoms with Crippen molar-refractivity contribution in [1.29, 1.82) is 0 Å². The highest BCUT2D eigenvalue weighted by molar-refractivity contribution is 7.89. The molecule has 0 radical (unpaired) electrons. The van der Waals surface area contributed by atoms with E-state index in [1.807, 2.05) is 38.5 Å². The number of nitrogens with zero attached hydrogens (tertiary/aromatic N) is 4. The SMILES string of the molecule is CN(CCN1CCOCC1)S(=O)(=O)c1cccc(C=O)c1.CNc1ccc(-c2ccc(OC3CCCCC3)nc2)cc1.CNc1ccc(N2CCCCC2)cc1C=O. The zero-order chi connectivity index (χ0) is 41.2. The van der Waals surface area contributed by atoms with E-state index in [0.717, 1.165) is 73.7 Å². The number of hydrogen-bond acceptors (Lipinski definition) is 11. The second-order valence-electron chi connectivity index (χ2n) is 14.7. The number of morpholine rings is 1. The zero-order valence-electron chi connectivity index (χ0n) is 34.3. The maximum Gasteiger partial charge on any atom is 0.242 e. The van der Waals surface area contributed by atoms with E-state index in [1.54, 1.807) is 19.2 Å². The number of piperidine rings is 1. The summed E-state index contributed by atoms with van der Waals surface area (Å²) in [6.07, 6.45) is 13.9. The number of carbonyl (C=O) groups excluding carboxylic acids is 2. The van der Waals surface area contributed by atoms with E-state index in [0.29, 0.717) is 44.3 Å². The van der Waals surface area contributed by atoms with Gasteiger partial charge < -0.3 is 25.0 Å². The van der Waals surface area contributed by atoms with E-state index in [4.69, 9.17) is 9.47 Å². The Morgan fingerprint density at radius 1 is 0.810 bits per heavy atom. The van der Waals surface area contributed by atoms with Crippen LogP contribution in [0.5, 0.6) is 5.88 Å². The number of aldehydes is 2. The molecule has 0 unspecified atom stereocenters. The number of anilines is 3. The minimum Gasteiger partial charge on any atom is -0.474 e. The number of carbonyl (C=O) groups is 2. The molecule has 0 amide bonds. The topological polar surface area (TPSA) is 133 Å². The molecule has 0 atom stereocenters. The van der Waals surface area contributed by atoms with Crippen molar-refractivity contribution in [3.05, 3.63) is 96.2 Å². The molecule has 3 heterocycles. The van der Waals surface area contributed by atoms with Crippen LogP contribution in [0.2, 0.25) is 0 Å². The summed E-state index contributed by atoms with van der Waals surface area (Å²) in [6, 6.07) is 24.5. The number of sulfonamides is 1. The highest BCUT2D eigenvalue weighted by Crippen LogP contribution is 2.26. The molecule has 3 aromatic carbocycles. The Morgan fingerprint density at radius 3 is 2.16 bits per heavy atom. The average Bonchev–Trinajstić information content (AvgIpc) is 3.29. The summed E-state index contributed by atoms with van der Waals surface area (Å²) in [7, 11) is 1.76. The number of aromatic nitrogens is 1. The van der Waals surface area contributed by atoms with Crippen molar-refractivity contribution >= 4 is 39.7 Å². The van der Waals surface area contributed by atoms with Gasteiger partial charge in [0.2, 0.25) is 15.9 Å². The first-order valence-electron chi connectivity index (χ1n) is 20.5. The monoisotopic (exact) mass is 812 g/mol. The molecule has 12 nitrogen and oxygen atoms in total. The van der Waals surface area contributed by atoms with Crippen LogP contribution in [0, 0.1) is 0 Å². The minimum absolute atomic E-state index is 0.150. The van der Waals surface area contributed by atoms with Gasteiger partial charge in [0.15, 0.2) is 6.29 Å². The van der Waals surface area contributed by atoms with Crippen molar-refractivity contribution in [2.45, 2.75) is 62.4 Å². The predicted octanol–water partition coefficient (Wildman–Crippen LogP) is 7.48. The highest BCUT2D eigenvalue weighted by Gasteiger charge is 2.22. The third kappa shape index (κ3) is 13.1. The van der Waals surface area contributed by atoms with Gasteiger partial charge in [-0.3, -0.25) is 14.5 Å². The molecular formula is C45H60N6O6S. The first-order chi connectivity index (χ1) is 28.2. The quantitative estimate of drug-likeness (QED) is 0.130. The third-order valence-electron chi connectivity index (χ3n) is 10.8. The fraction of sp³-hybridized carbons (Fsp3) is 0.444. The van der Waals surface area contributed by atoms with E-state index >= 15 is 0 Å². The van der Waals surface area contributed by atoms with Crippen LogP contribution in [0.4, 0.5) is 17.1 Å². The smallest absolute Gasteiger partial charge is 0.242 e. The van der Waals surface area contributed by atoms with Crippen molar-refractivity contribution in [2.24, 2.45) is 0 Å². The van der Waals surface area contributed by atoms with Crippen LogP contribution < -0.4 is 20.3 Å². The molecule has 0 bridgehead atoms. The molecule has 3 fully saturated rings. The molecule has 2 N–H and O–H groups in total.